The fourth-order valence-electron chi connectivity index (χ4n) is 3.40. The SMILES string of the molecule is COC(=O)NCCOC(c1cc(F)c(F)c(F)c1)C1CCCN(C(=O)OC(C)(C)C)C1. The van der Waals surface area contributed by atoms with Gasteiger partial charge in [0, 0.05) is 25.6 Å². The van der Waals surface area contributed by atoms with Gasteiger partial charge in [-0.05, 0) is 51.3 Å². The zero-order valence-electron chi connectivity index (χ0n) is 18.2. The molecule has 1 aliphatic heterocycles. The van der Waals surface area contributed by atoms with Crippen LogP contribution in [0.25, 0.3) is 0 Å². The number of methoxy groups -OCH3 is 1. The first-order valence-corrected chi connectivity index (χ1v) is 10.1. The molecule has 0 aromatic heterocycles. The van der Waals surface area contributed by atoms with E-state index in [0.717, 1.165) is 12.1 Å². The molecule has 2 unspecified atom stereocenters. The van der Waals surface area contributed by atoms with Gasteiger partial charge in [-0.25, -0.2) is 22.8 Å². The van der Waals surface area contributed by atoms with Crippen LogP contribution in [0, 0.1) is 23.4 Å². The molecule has 0 aliphatic carbocycles. The van der Waals surface area contributed by atoms with Crippen LogP contribution in [0.5, 0.6) is 0 Å². The molecule has 1 saturated heterocycles. The summed E-state index contributed by atoms with van der Waals surface area (Å²) in [6.07, 6.45) is -0.701. The predicted molar refractivity (Wildman–Crippen MR) is 106 cm³/mol. The monoisotopic (exact) mass is 446 g/mol. The summed E-state index contributed by atoms with van der Waals surface area (Å²) in [5.41, 5.74) is -0.548. The summed E-state index contributed by atoms with van der Waals surface area (Å²) in [5, 5.41) is 2.45. The number of ether oxygens (including phenoxy) is 3. The van der Waals surface area contributed by atoms with E-state index in [1.54, 1.807) is 20.8 Å². The average Bonchev–Trinajstić information content (AvgIpc) is 2.70. The molecular formula is C21H29F3N2O5. The second-order valence-electron chi connectivity index (χ2n) is 8.34. The number of nitrogens with one attached hydrogen (secondary N) is 1. The third kappa shape index (κ3) is 7.30. The molecule has 1 aliphatic rings. The molecule has 31 heavy (non-hydrogen) atoms. The van der Waals surface area contributed by atoms with E-state index in [1.165, 1.54) is 12.0 Å². The first-order chi connectivity index (χ1) is 14.5. The fraction of sp³-hybridized carbons (Fsp3) is 0.619. The van der Waals surface area contributed by atoms with Gasteiger partial charge in [0.15, 0.2) is 17.5 Å². The molecule has 1 aromatic carbocycles. The van der Waals surface area contributed by atoms with E-state index in [1.807, 2.05) is 0 Å². The van der Waals surface area contributed by atoms with Gasteiger partial charge < -0.3 is 24.4 Å². The molecule has 1 aromatic rings. The minimum atomic E-state index is -1.56. The van der Waals surface area contributed by atoms with Crippen LogP contribution in [0.15, 0.2) is 12.1 Å². The van der Waals surface area contributed by atoms with Crippen molar-refractivity contribution in [1.29, 1.82) is 0 Å². The molecule has 174 valence electrons. The van der Waals surface area contributed by atoms with Crippen LogP contribution < -0.4 is 5.32 Å². The van der Waals surface area contributed by atoms with Crippen LogP contribution in [0.3, 0.4) is 0 Å². The topological polar surface area (TPSA) is 77.1 Å². The maximum absolute atomic E-state index is 13.9. The van der Waals surface area contributed by atoms with Crippen LogP contribution in [0.4, 0.5) is 22.8 Å². The number of rotatable bonds is 6. The molecule has 7 nitrogen and oxygen atoms in total. The van der Waals surface area contributed by atoms with Crippen molar-refractivity contribution in [2.24, 2.45) is 5.92 Å². The number of hydrogen-bond acceptors (Lipinski definition) is 5. The highest BCUT2D eigenvalue weighted by molar-refractivity contribution is 5.68. The molecule has 2 rings (SSSR count). The van der Waals surface area contributed by atoms with E-state index in [4.69, 9.17) is 9.47 Å². The molecular weight excluding hydrogens is 417 g/mol. The molecule has 0 radical (unpaired) electrons. The minimum Gasteiger partial charge on any atom is -0.453 e. The first-order valence-electron chi connectivity index (χ1n) is 10.1. The molecule has 0 saturated carbocycles. The summed E-state index contributed by atoms with van der Waals surface area (Å²) in [5.74, 6) is -4.52. The average molecular weight is 446 g/mol. The summed E-state index contributed by atoms with van der Waals surface area (Å²) in [7, 11) is 1.22. The third-order valence-electron chi connectivity index (χ3n) is 4.73. The molecule has 0 bridgehead atoms. The molecule has 10 heteroatoms. The smallest absolute Gasteiger partial charge is 0.410 e. The maximum atomic E-state index is 13.9. The number of carbonyl (C=O) groups is 2. The number of alkyl carbamates (subject to hydrolysis) is 1. The minimum absolute atomic E-state index is 0.0172. The molecule has 2 atom stereocenters. The number of piperidine rings is 1. The van der Waals surface area contributed by atoms with Crippen LogP contribution >= 0.6 is 0 Å². The molecule has 1 heterocycles. The van der Waals surface area contributed by atoms with Gasteiger partial charge in [0.25, 0.3) is 0 Å². The third-order valence-corrected chi connectivity index (χ3v) is 4.73. The molecule has 1 fully saturated rings. The van der Waals surface area contributed by atoms with Crippen LogP contribution in [0.1, 0.15) is 45.3 Å². The van der Waals surface area contributed by atoms with E-state index in [0.29, 0.717) is 19.4 Å². The lowest BCUT2D eigenvalue weighted by molar-refractivity contribution is -0.0248. The van der Waals surface area contributed by atoms with E-state index in [-0.39, 0.29) is 31.2 Å². The highest BCUT2D eigenvalue weighted by Gasteiger charge is 2.34. The van der Waals surface area contributed by atoms with Crippen molar-refractivity contribution in [2.45, 2.75) is 45.3 Å². The summed E-state index contributed by atoms with van der Waals surface area (Å²) >= 11 is 0. The number of likely N-dealkylation sites (tertiary alicyclic amines) is 1. The van der Waals surface area contributed by atoms with Gasteiger partial charge in [-0.15, -0.1) is 0 Å². The van der Waals surface area contributed by atoms with E-state index in [9.17, 15) is 22.8 Å². The Labute approximate surface area is 179 Å². The number of hydrogen-bond donors (Lipinski definition) is 1. The van der Waals surface area contributed by atoms with Gasteiger partial charge in [-0.1, -0.05) is 0 Å². The van der Waals surface area contributed by atoms with Gasteiger partial charge in [0.1, 0.15) is 5.60 Å². The maximum Gasteiger partial charge on any atom is 0.410 e. The summed E-state index contributed by atoms with van der Waals surface area (Å²) in [6, 6.07) is 1.78. The van der Waals surface area contributed by atoms with E-state index >= 15 is 0 Å². The normalized spacial score (nSPS) is 17.8. The van der Waals surface area contributed by atoms with Crippen LogP contribution in [-0.2, 0) is 14.2 Å². The van der Waals surface area contributed by atoms with Crippen molar-refractivity contribution in [2.75, 3.05) is 33.4 Å². The van der Waals surface area contributed by atoms with Crippen molar-refractivity contribution in [3.63, 3.8) is 0 Å². The number of benzene rings is 1. The Kier molecular flexibility index (Phi) is 8.55. The van der Waals surface area contributed by atoms with Gasteiger partial charge in [0.2, 0.25) is 0 Å². The van der Waals surface area contributed by atoms with Gasteiger partial charge in [-0.2, -0.15) is 0 Å². The number of nitrogens with zero attached hydrogens (tertiary/aromatic N) is 1. The number of carbonyl (C=O) groups excluding carboxylic acids is 2. The lowest BCUT2D eigenvalue weighted by atomic mass is 9.88. The Balaban J connectivity index is 2.18. The van der Waals surface area contributed by atoms with Gasteiger partial charge >= 0.3 is 12.2 Å². The summed E-state index contributed by atoms with van der Waals surface area (Å²) in [6.45, 7) is 6.11. The molecule has 2 amide bonds. The predicted octanol–water partition coefficient (Wildman–Crippen LogP) is 4.16. The second kappa shape index (κ2) is 10.7. The standard InChI is InChI=1S/C21H29F3N2O5/c1-21(2,3)31-20(28)26-8-5-6-13(12-26)18(30-9-7-25-19(27)29-4)14-10-15(22)17(24)16(23)11-14/h10-11,13,18H,5-9,12H2,1-4H3,(H,25,27). The Morgan fingerprint density at radius 3 is 2.45 bits per heavy atom. The number of amides is 2. The van der Waals surface area contributed by atoms with Gasteiger partial charge in [0.05, 0.1) is 19.8 Å². The Morgan fingerprint density at radius 1 is 1.23 bits per heavy atom. The highest BCUT2D eigenvalue weighted by Crippen LogP contribution is 2.34. The Bertz CT molecular complexity index is 762. The zero-order valence-corrected chi connectivity index (χ0v) is 18.2. The van der Waals surface area contributed by atoms with Crippen LogP contribution in [-0.4, -0.2) is 56.0 Å². The lowest BCUT2D eigenvalue weighted by Gasteiger charge is -2.37. The summed E-state index contributed by atoms with van der Waals surface area (Å²) < 4.78 is 56.9. The lowest BCUT2D eigenvalue weighted by Crippen LogP contribution is -2.44. The highest BCUT2D eigenvalue weighted by atomic mass is 19.2. The Morgan fingerprint density at radius 2 is 1.87 bits per heavy atom. The molecule has 1 N–H and O–H groups in total. The zero-order chi connectivity index (χ0) is 23.2. The molecule has 0 spiro atoms. The number of halogens is 3. The van der Waals surface area contributed by atoms with Crippen molar-refractivity contribution in [3.8, 4) is 0 Å². The second-order valence-corrected chi connectivity index (χ2v) is 8.34. The Hall–Kier alpha value is -2.49. The van der Waals surface area contributed by atoms with E-state index in [2.05, 4.69) is 10.1 Å². The summed E-state index contributed by atoms with van der Waals surface area (Å²) in [4.78, 5) is 25.2. The van der Waals surface area contributed by atoms with Crippen LogP contribution in [0.2, 0.25) is 0 Å². The van der Waals surface area contributed by atoms with Crippen molar-refractivity contribution >= 4 is 12.2 Å². The quantitative estimate of drug-likeness (QED) is 0.524. The van der Waals surface area contributed by atoms with Gasteiger partial charge in [-0.3, -0.25) is 0 Å². The largest absolute Gasteiger partial charge is 0.453 e. The fourth-order valence-corrected chi connectivity index (χ4v) is 3.40. The van der Waals surface area contributed by atoms with Crippen molar-refractivity contribution in [3.05, 3.63) is 35.1 Å². The van der Waals surface area contributed by atoms with Crippen molar-refractivity contribution in [1.82, 2.24) is 10.2 Å². The van der Waals surface area contributed by atoms with E-state index < -0.39 is 41.3 Å². The van der Waals surface area contributed by atoms with Crippen molar-refractivity contribution < 1.29 is 37.0 Å². The first kappa shape index (κ1) is 24.8.